The Hall–Kier alpha value is -2.40. The van der Waals surface area contributed by atoms with Crippen molar-refractivity contribution in [3.8, 4) is 23.0 Å². The lowest BCUT2D eigenvalue weighted by Gasteiger charge is -2.20. The van der Waals surface area contributed by atoms with Crippen molar-refractivity contribution in [1.29, 1.82) is 0 Å². The van der Waals surface area contributed by atoms with E-state index in [0.717, 1.165) is 55.4 Å². The van der Waals surface area contributed by atoms with E-state index in [0.29, 0.717) is 6.79 Å². The summed E-state index contributed by atoms with van der Waals surface area (Å²) in [6.07, 6.45) is 2.88. The second-order valence-corrected chi connectivity index (χ2v) is 6.34. The van der Waals surface area contributed by atoms with E-state index in [1.807, 2.05) is 6.07 Å². The Labute approximate surface area is 147 Å². The third kappa shape index (κ3) is 3.00. The Morgan fingerprint density at radius 3 is 2.32 bits per heavy atom. The molecule has 0 aliphatic carbocycles. The fourth-order valence-electron chi connectivity index (χ4n) is 3.66. The number of methoxy groups -OCH3 is 2. The number of aryl methyl sites for hydroxylation is 2. The van der Waals surface area contributed by atoms with Gasteiger partial charge in [0, 0.05) is 12.1 Å². The molecule has 5 heteroatoms. The molecule has 0 bridgehead atoms. The van der Waals surface area contributed by atoms with Crippen LogP contribution in [-0.2, 0) is 25.8 Å². The first kappa shape index (κ1) is 16.1. The molecule has 1 N–H and O–H groups in total. The molecule has 132 valence electrons. The van der Waals surface area contributed by atoms with Crippen LogP contribution in [-0.4, -0.2) is 27.6 Å². The normalized spacial score (nSPS) is 15.9. The predicted octanol–water partition coefficient (Wildman–Crippen LogP) is 2.86. The minimum absolute atomic E-state index is 0.316. The van der Waals surface area contributed by atoms with Crippen molar-refractivity contribution in [2.45, 2.75) is 25.8 Å². The third-order valence-corrected chi connectivity index (χ3v) is 4.98. The first-order chi connectivity index (χ1) is 12.3. The molecule has 2 aliphatic rings. The monoisotopic (exact) mass is 341 g/mol. The van der Waals surface area contributed by atoms with Crippen molar-refractivity contribution >= 4 is 0 Å². The summed E-state index contributed by atoms with van der Waals surface area (Å²) in [5.41, 5.74) is 5.14. The topological polar surface area (TPSA) is 49.0 Å². The van der Waals surface area contributed by atoms with Gasteiger partial charge in [-0.25, -0.2) is 0 Å². The van der Waals surface area contributed by atoms with Crippen molar-refractivity contribution in [2.24, 2.45) is 0 Å². The molecule has 0 unspecified atom stereocenters. The van der Waals surface area contributed by atoms with Crippen molar-refractivity contribution in [1.82, 2.24) is 5.32 Å². The van der Waals surface area contributed by atoms with Gasteiger partial charge in [0.05, 0.1) is 14.2 Å². The van der Waals surface area contributed by atoms with Crippen LogP contribution in [0.5, 0.6) is 23.0 Å². The van der Waals surface area contributed by atoms with Crippen molar-refractivity contribution < 1.29 is 18.9 Å². The molecule has 2 aromatic carbocycles. The number of hydrogen-bond donors (Lipinski definition) is 1. The SMILES string of the molecule is COc1ccc2c(c1OC)CNCCc1cc3c(cc1CC2)OCO3. The Morgan fingerprint density at radius 1 is 0.880 bits per heavy atom. The molecule has 0 fully saturated rings. The van der Waals surface area contributed by atoms with E-state index in [2.05, 4.69) is 23.5 Å². The van der Waals surface area contributed by atoms with Gasteiger partial charge < -0.3 is 24.3 Å². The highest BCUT2D eigenvalue weighted by Gasteiger charge is 2.20. The molecule has 2 heterocycles. The Morgan fingerprint density at radius 2 is 1.60 bits per heavy atom. The molecule has 0 saturated carbocycles. The summed E-state index contributed by atoms with van der Waals surface area (Å²) >= 11 is 0. The lowest BCUT2D eigenvalue weighted by molar-refractivity contribution is 0.174. The molecule has 2 aromatic rings. The van der Waals surface area contributed by atoms with Crippen LogP contribution in [0.25, 0.3) is 0 Å². The molecule has 0 spiro atoms. The summed E-state index contributed by atoms with van der Waals surface area (Å²) in [4.78, 5) is 0. The van der Waals surface area contributed by atoms with E-state index < -0.39 is 0 Å². The van der Waals surface area contributed by atoms with Crippen molar-refractivity contribution in [3.05, 3.63) is 46.5 Å². The van der Waals surface area contributed by atoms with Crippen LogP contribution in [0.1, 0.15) is 22.3 Å². The van der Waals surface area contributed by atoms with Gasteiger partial charge in [-0.2, -0.15) is 0 Å². The molecule has 0 amide bonds. The highest BCUT2D eigenvalue weighted by atomic mass is 16.7. The van der Waals surface area contributed by atoms with Gasteiger partial charge in [-0.1, -0.05) is 6.07 Å². The lowest BCUT2D eigenvalue weighted by atomic mass is 9.93. The molecule has 2 aliphatic heterocycles. The molecule has 0 atom stereocenters. The Bertz CT molecular complexity index is 788. The van der Waals surface area contributed by atoms with Gasteiger partial charge >= 0.3 is 0 Å². The van der Waals surface area contributed by atoms with Gasteiger partial charge in [0.2, 0.25) is 6.79 Å². The van der Waals surface area contributed by atoms with Gasteiger partial charge in [-0.05, 0) is 60.7 Å². The Kier molecular flexibility index (Phi) is 4.40. The van der Waals surface area contributed by atoms with Crippen LogP contribution in [0.4, 0.5) is 0 Å². The largest absolute Gasteiger partial charge is 0.493 e. The van der Waals surface area contributed by atoms with E-state index in [-0.39, 0.29) is 0 Å². The zero-order valence-electron chi connectivity index (χ0n) is 14.7. The van der Waals surface area contributed by atoms with E-state index >= 15 is 0 Å². The standard InChI is InChI=1S/C20H23NO4/c1-22-17-6-5-13-3-4-14-9-18-19(25-12-24-18)10-15(14)7-8-21-11-16(13)20(17)23-2/h5-6,9-10,21H,3-4,7-8,11-12H2,1-2H3. The van der Waals surface area contributed by atoms with Gasteiger partial charge in [-0.15, -0.1) is 0 Å². The highest BCUT2D eigenvalue weighted by Crippen LogP contribution is 2.37. The number of benzene rings is 2. The summed E-state index contributed by atoms with van der Waals surface area (Å²) in [6, 6.07) is 8.41. The van der Waals surface area contributed by atoms with E-state index in [1.165, 1.54) is 22.3 Å². The van der Waals surface area contributed by atoms with Crippen LogP contribution in [0.15, 0.2) is 24.3 Å². The van der Waals surface area contributed by atoms with E-state index in [9.17, 15) is 0 Å². The molecule has 5 nitrogen and oxygen atoms in total. The van der Waals surface area contributed by atoms with Crippen LogP contribution in [0, 0.1) is 0 Å². The number of hydrogen-bond acceptors (Lipinski definition) is 5. The maximum absolute atomic E-state index is 5.63. The highest BCUT2D eigenvalue weighted by molar-refractivity contribution is 5.52. The average molecular weight is 341 g/mol. The zero-order valence-corrected chi connectivity index (χ0v) is 14.7. The summed E-state index contributed by atoms with van der Waals surface area (Å²) in [7, 11) is 3.38. The van der Waals surface area contributed by atoms with Crippen LogP contribution in [0.3, 0.4) is 0 Å². The van der Waals surface area contributed by atoms with Crippen molar-refractivity contribution in [2.75, 3.05) is 27.6 Å². The minimum atomic E-state index is 0.316. The average Bonchev–Trinajstić information content (AvgIpc) is 3.10. The third-order valence-electron chi connectivity index (χ3n) is 4.98. The maximum Gasteiger partial charge on any atom is 0.231 e. The van der Waals surface area contributed by atoms with Crippen LogP contribution in [0.2, 0.25) is 0 Å². The second-order valence-electron chi connectivity index (χ2n) is 6.34. The van der Waals surface area contributed by atoms with E-state index in [1.54, 1.807) is 14.2 Å². The van der Waals surface area contributed by atoms with Gasteiger partial charge in [0.25, 0.3) is 0 Å². The fourth-order valence-corrected chi connectivity index (χ4v) is 3.66. The summed E-state index contributed by atoms with van der Waals surface area (Å²) in [5.74, 6) is 3.33. The summed E-state index contributed by atoms with van der Waals surface area (Å²) in [5, 5.41) is 3.54. The molecular formula is C20H23NO4. The van der Waals surface area contributed by atoms with Gasteiger partial charge in [0.15, 0.2) is 23.0 Å². The Balaban J connectivity index is 1.70. The summed E-state index contributed by atoms with van der Waals surface area (Å²) in [6.45, 7) is 1.98. The number of nitrogens with one attached hydrogen (secondary N) is 1. The quantitative estimate of drug-likeness (QED) is 0.910. The number of fused-ring (bicyclic) bond motifs is 3. The first-order valence-corrected chi connectivity index (χ1v) is 8.65. The number of ether oxygens (including phenoxy) is 4. The number of rotatable bonds is 2. The first-order valence-electron chi connectivity index (χ1n) is 8.65. The minimum Gasteiger partial charge on any atom is -0.493 e. The lowest BCUT2D eigenvalue weighted by Crippen LogP contribution is -2.20. The second kappa shape index (κ2) is 6.84. The zero-order chi connectivity index (χ0) is 17.2. The van der Waals surface area contributed by atoms with Crippen LogP contribution < -0.4 is 24.3 Å². The maximum atomic E-state index is 5.63. The smallest absolute Gasteiger partial charge is 0.231 e. The molecule has 0 radical (unpaired) electrons. The van der Waals surface area contributed by atoms with Crippen molar-refractivity contribution in [3.63, 3.8) is 0 Å². The fraction of sp³-hybridized carbons (Fsp3) is 0.400. The summed E-state index contributed by atoms with van der Waals surface area (Å²) < 4.78 is 22.2. The molecule has 4 rings (SSSR count). The molecule has 0 saturated heterocycles. The molecule has 0 aromatic heterocycles. The van der Waals surface area contributed by atoms with Crippen LogP contribution >= 0.6 is 0 Å². The van der Waals surface area contributed by atoms with Gasteiger partial charge in [0.1, 0.15) is 0 Å². The molecule has 25 heavy (non-hydrogen) atoms. The molecular weight excluding hydrogens is 318 g/mol. The van der Waals surface area contributed by atoms with E-state index in [4.69, 9.17) is 18.9 Å². The van der Waals surface area contributed by atoms with Gasteiger partial charge in [-0.3, -0.25) is 0 Å². The predicted molar refractivity (Wildman–Crippen MR) is 94.9 cm³/mol.